The molecule has 0 saturated carbocycles. The summed E-state index contributed by atoms with van der Waals surface area (Å²) in [6.45, 7) is 1.02. The van der Waals surface area contributed by atoms with Gasteiger partial charge in [-0.1, -0.05) is 6.07 Å². The third-order valence-electron chi connectivity index (χ3n) is 4.77. The van der Waals surface area contributed by atoms with Crippen LogP contribution in [0.25, 0.3) is 17.2 Å². The molecular formula is C20H20N6O3. The first kappa shape index (κ1) is 18.6. The summed E-state index contributed by atoms with van der Waals surface area (Å²) in [7, 11) is 3.28. The number of amides is 2. The summed E-state index contributed by atoms with van der Waals surface area (Å²) in [5.74, 6) is 1.26. The summed E-state index contributed by atoms with van der Waals surface area (Å²) in [6, 6.07) is 9.06. The molecule has 1 saturated heterocycles. The summed E-state index contributed by atoms with van der Waals surface area (Å²) >= 11 is 0. The number of piperazine rings is 1. The number of nitrogens with zero attached hydrogens (tertiary/aromatic N) is 6. The van der Waals surface area contributed by atoms with E-state index in [1.807, 2.05) is 24.3 Å². The van der Waals surface area contributed by atoms with Crippen LogP contribution in [-0.2, 0) is 4.79 Å². The molecule has 0 unspecified atom stereocenters. The van der Waals surface area contributed by atoms with Gasteiger partial charge in [0.15, 0.2) is 0 Å². The van der Waals surface area contributed by atoms with Gasteiger partial charge in [0, 0.05) is 50.4 Å². The summed E-state index contributed by atoms with van der Waals surface area (Å²) in [6.07, 6.45) is 4.95. The number of hydrogen-bond donors (Lipinski definition) is 0. The van der Waals surface area contributed by atoms with E-state index in [1.54, 1.807) is 48.3 Å². The Morgan fingerprint density at radius 3 is 2.66 bits per heavy atom. The van der Waals surface area contributed by atoms with E-state index >= 15 is 0 Å². The number of imidazole rings is 1. The Labute approximate surface area is 167 Å². The Morgan fingerprint density at radius 1 is 1.14 bits per heavy atom. The molecule has 0 spiro atoms. The van der Waals surface area contributed by atoms with Crippen LogP contribution >= 0.6 is 0 Å². The van der Waals surface area contributed by atoms with Gasteiger partial charge < -0.3 is 14.5 Å². The van der Waals surface area contributed by atoms with Crippen LogP contribution in [0.4, 0.5) is 0 Å². The van der Waals surface area contributed by atoms with E-state index in [9.17, 15) is 9.59 Å². The SMILES string of the molecule is COc1ccc(-c2nc(C(=O)N3CCN(C)C(=O)C3)cn2-c2ccccn2)cn1. The molecule has 4 rings (SSSR count). The fourth-order valence-electron chi connectivity index (χ4n) is 3.08. The molecule has 1 aliphatic rings. The topological polar surface area (TPSA) is 93.5 Å². The third-order valence-corrected chi connectivity index (χ3v) is 4.77. The first-order valence-corrected chi connectivity index (χ1v) is 9.11. The van der Waals surface area contributed by atoms with E-state index in [4.69, 9.17) is 4.74 Å². The van der Waals surface area contributed by atoms with Gasteiger partial charge in [-0.05, 0) is 18.2 Å². The highest BCUT2D eigenvalue weighted by Gasteiger charge is 2.28. The van der Waals surface area contributed by atoms with Crippen LogP contribution in [0.15, 0.2) is 48.9 Å². The lowest BCUT2D eigenvalue weighted by Crippen LogP contribution is -2.50. The standard InChI is InChI=1S/C20H20N6O3/c1-24-9-10-25(13-18(24)27)20(28)15-12-26(16-5-3-4-8-21-16)19(23-15)14-6-7-17(29-2)22-11-14/h3-8,11-12H,9-10,13H2,1-2H3. The second-order valence-electron chi connectivity index (χ2n) is 6.64. The molecule has 0 aliphatic carbocycles. The van der Waals surface area contributed by atoms with Crippen molar-refractivity contribution < 1.29 is 14.3 Å². The van der Waals surface area contributed by atoms with Gasteiger partial charge >= 0.3 is 0 Å². The fourth-order valence-corrected chi connectivity index (χ4v) is 3.08. The molecule has 0 bridgehead atoms. The number of rotatable bonds is 4. The fraction of sp³-hybridized carbons (Fsp3) is 0.250. The Balaban J connectivity index is 1.73. The van der Waals surface area contributed by atoms with Gasteiger partial charge in [-0.2, -0.15) is 0 Å². The van der Waals surface area contributed by atoms with Crippen molar-refractivity contribution in [3.8, 4) is 23.1 Å². The van der Waals surface area contributed by atoms with Crippen LogP contribution in [0.5, 0.6) is 5.88 Å². The number of pyridine rings is 2. The van der Waals surface area contributed by atoms with Crippen molar-refractivity contribution in [2.45, 2.75) is 0 Å². The molecule has 1 aliphatic heterocycles. The molecule has 148 valence electrons. The monoisotopic (exact) mass is 392 g/mol. The van der Waals surface area contributed by atoms with Gasteiger partial charge in [0.1, 0.15) is 23.9 Å². The number of aromatic nitrogens is 4. The van der Waals surface area contributed by atoms with Crippen LogP contribution < -0.4 is 4.74 Å². The minimum Gasteiger partial charge on any atom is -0.481 e. The molecular weight excluding hydrogens is 372 g/mol. The second kappa shape index (κ2) is 7.70. The smallest absolute Gasteiger partial charge is 0.274 e. The number of hydrogen-bond acceptors (Lipinski definition) is 6. The summed E-state index contributed by atoms with van der Waals surface area (Å²) in [5, 5.41) is 0. The number of ether oxygens (including phenoxy) is 1. The quantitative estimate of drug-likeness (QED) is 0.663. The highest BCUT2D eigenvalue weighted by Crippen LogP contribution is 2.24. The van der Waals surface area contributed by atoms with Crippen molar-refractivity contribution in [3.63, 3.8) is 0 Å². The predicted octanol–water partition coefficient (Wildman–Crippen LogP) is 1.25. The Hall–Kier alpha value is -3.75. The molecule has 9 nitrogen and oxygen atoms in total. The average Bonchev–Trinajstić information content (AvgIpc) is 3.21. The van der Waals surface area contributed by atoms with Crippen molar-refractivity contribution in [1.29, 1.82) is 0 Å². The van der Waals surface area contributed by atoms with Crippen LogP contribution in [0.1, 0.15) is 10.5 Å². The zero-order valence-corrected chi connectivity index (χ0v) is 16.1. The minimum atomic E-state index is -0.288. The molecule has 3 aromatic heterocycles. The zero-order valence-electron chi connectivity index (χ0n) is 16.1. The van der Waals surface area contributed by atoms with Gasteiger partial charge in [0.25, 0.3) is 5.91 Å². The molecule has 29 heavy (non-hydrogen) atoms. The highest BCUT2D eigenvalue weighted by atomic mass is 16.5. The van der Waals surface area contributed by atoms with Crippen molar-refractivity contribution in [2.24, 2.45) is 0 Å². The number of likely N-dealkylation sites (N-methyl/N-ethyl adjacent to an activating group) is 1. The second-order valence-corrected chi connectivity index (χ2v) is 6.64. The molecule has 0 radical (unpaired) electrons. The highest BCUT2D eigenvalue weighted by molar-refractivity contribution is 5.96. The Morgan fingerprint density at radius 2 is 2.00 bits per heavy atom. The van der Waals surface area contributed by atoms with Crippen molar-refractivity contribution in [3.05, 3.63) is 54.6 Å². The average molecular weight is 392 g/mol. The molecule has 9 heteroatoms. The molecule has 0 N–H and O–H groups in total. The maximum absolute atomic E-state index is 13.0. The summed E-state index contributed by atoms with van der Waals surface area (Å²) in [5.41, 5.74) is 0.962. The van der Waals surface area contributed by atoms with Gasteiger partial charge in [-0.15, -0.1) is 0 Å². The van der Waals surface area contributed by atoms with Crippen molar-refractivity contribution in [2.75, 3.05) is 33.8 Å². The van der Waals surface area contributed by atoms with Crippen LogP contribution in [-0.4, -0.2) is 74.9 Å². The minimum absolute atomic E-state index is 0.0468. The van der Waals surface area contributed by atoms with Crippen LogP contribution in [0.2, 0.25) is 0 Å². The van der Waals surface area contributed by atoms with Crippen molar-refractivity contribution in [1.82, 2.24) is 29.3 Å². The Bertz CT molecular complexity index is 1030. The van der Waals surface area contributed by atoms with Gasteiger partial charge in [0.2, 0.25) is 11.8 Å². The number of carbonyl (C=O) groups excluding carboxylic acids is 2. The third kappa shape index (κ3) is 3.66. The summed E-state index contributed by atoms with van der Waals surface area (Å²) in [4.78, 5) is 41.3. The van der Waals surface area contributed by atoms with Gasteiger partial charge in [-0.3, -0.25) is 14.2 Å². The lowest BCUT2D eigenvalue weighted by Gasteiger charge is -2.31. The van der Waals surface area contributed by atoms with E-state index in [-0.39, 0.29) is 24.1 Å². The predicted molar refractivity (Wildman–Crippen MR) is 105 cm³/mol. The number of carbonyl (C=O) groups is 2. The molecule has 4 heterocycles. The normalized spacial score (nSPS) is 14.2. The van der Waals surface area contributed by atoms with E-state index in [2.05, 4.69) is 15.0 Å². The maximum atomic E-state index is 13.0. The van der Waals surface area contributed by atoms with Crippen LogP contribution in [0, 0.1) is 0 Å². The Kier molecular flexibility index (Phi) is 4.94. The van der Waals surface area contributed by atoms with E-state index in [0.29, 0.717) is 36.2 Å². The van der Waals surface area contributed by atoms with Gasteiger partial charge in [0.05, 0.1) is 7.11 Å². The molecule has 3 aromatic rings. The maximum Gasteiger partial charge on any atom is 0.274 e. The van der Waals surface area contributed by atoms with E-state index in [1.165, 1.54) is 4.90 Å². The van der Waals surface area contributed by atoms with Gasteiger partial charge in [-0.25, -0.2) is 15.0 Å². The first-order valence-electron chi connectivity index (χ1n) is 9.11. The van der Waals surface area contributed by atoms with E-state index in [0.717, 1.165) is 0 Å². The zero-order chi connectivity index (χ0) is 20.4. The molecule has 2 amide bonds. The molecule has 0 aromatic carbocycles. The largest absolute Gasteiger partial charge is 0.481 e. The first-order chi connectivity index (χ1) is 14.1. The lowest BCUT2D eigenvalue weighted by atomic mass is 10.2. The summed E-state index contributed by atoms with van der Waals surface area (Å²) < 4.78 is 6.86. The van der Waals surface area contributed by atoms with Crippen molar-refractivity contribution >= 4 is 11.8 Å². The molecule has 0 atom stereocenters. The lowest BCUT2D eigenvalue weighted by molar-refractivity contribution is -0.133. The molecule has 1 fully saturated rings. The number of methoxy groups -OCH3 is 1. The van der Waals surface area contributed by atoms with Crippen LogP contribution in [0.3, 0.4) is 0 Å². The van der Waals surface area contributed by atoms with E-state index < -0.39 is 0 Å².